The minimum atomic E-state index is -0.923. The molecule has 1 heterocycles. The van der Waals surface area contributed by atoms with E-state index in [0.717, 1.165) is 31.2 Å². The number of carboxylic acid groups (broad SMARTS) is 1. The van der Waals surface area contributed by atoms with Gasteiger partial charge in [0.2, 0.25) is 5.82 Å². The molecule has 0 spiro atoms. The molecular weight excluding hydrogens is 554 g/mol. The first-order chi connectivity index (χ1) is 19.7. The molecule has 0 saturated heterocycles. The van der Waals surface area contributed by atoms with Crippen molar-refractivity contribution in [2.45, 2.75) is 98.3 Å². The van der Waals surface area contributed by atoms with Crippen molar-refractivity contribution in [3.63, 3.8) is 0 Å². The molecule has 10 nitrogen and oxygen atoms in total. The molecule has 2 amide bonds. The van der Waals surface area contributed by atoms with Gasteiger partial charge < -0.3 is 10.0 Å². The second-order valence-corrected chi connectivity index (χ2v) is 13.1. The standard InChI is InChI=1S/C31H44ClN7O3/c1-21(2)37(16-17-38(29(41)42)31(6,7)30(3,4)5)20-22-12-14-23(15-13-22)28(40)36-39(24-10-8-9-11-24)27-25(32)19-34-26(18-33)35-27/h12-15,19,21,24H,8-11,16-17,20H2,1-7H3,(H,36,40)(H,41,42). The van der Waals surface area contributed by atoms with Gasteiger partial charge in [0, 0.05) is 36.8 Å². The Balaban J connectivity index is 1.73. The third kappa shape index (κ3) is 7.90. The number of hydrazine groups is 1. The summed E-state index contributed by atoms with van der Waals surface area (Å²) >= 11 is 6.39. The molecule has 1 fully saturated rings. The van der Waals surface area contributed by atoms with E-state index in [4.69, 9.17) is 11.6 Å². The van der Waals surface area contributed by atoms with E-state index in [1.54, 1.807) is 17.1 Å². The van der Waals surface area contributed by atoms with E-state index < -0.39 is 11.6 Å². The summed E-state index contributed by atoms with van der Waals surface area (Å²) in [7, 11) is 0. The number of nitrogens with zero attached hydrogens (tertiary/aromatic N) is 6. The van der Waals surface area contributed by atoms with E-state index >= 15 is 0 Å². The summed E-state index contributed by atoms with van der Waals surface area (Å²) in [6.45, 7) is 15.9. The van der Waals surface area contributed by atoms with Gasteiger partial charge >= 0.3 is 6.09 Å². The van der Waals surface area contributed by atoms with E-state index in [1.165, 1.54) is 11.1 Å². The number of benzene rings is 1. The van der Waals surface area contributed by atoms with Crippen LogP contribution in [0.5, 0.6) is 0 Å². The molecule has 11 heteroatoms. The van der Waals surface area contributed by atoms with Crippen molar-refractivity contribution < 1.29 is 14.7 Å². The highest BCUT2D eigenvalue weighted by Crippen LogP contribution is 2.35. The average Bonchev–Trinajstić information content (AvgIpc) is 3.45. The molecule has 0 radical (unpaired) electrons. The van der Waals surface area contributed by atoms with Crippen LogP contribution in [0.4, 0.5) is 10.6 Å². The molecule has 1 aliphatic carbocycles. The Hall–Kier alpha value is -3.42. The van der Waals surface area contributed by atoms with E-state index in [2.05, 4.69) is 54.9 Å². The topological polar surface area (TPSA) is 126 Å². The predicted octanol–water partition coefficient (Wildman–Crippen LogP) is 6.11. The Morgan fingerprint density at radius 1 is 1.12 bits per heavy atom. The number of nitrogens with one attached hydrogen (secondary N) is 1. The van der Waals surface area contributed by atoms with E-state index in [9.17, 15) is 20.0 Å². The van der Waals surface area contributed by atoms with Gasteiger partial charge in [-0.25, -0.2) is 9.78 Å². The summed E-state index contributed by atoms with van der Waals surface area (Å²) in [5.41, 5.74) is 3.69. The molecule has 2 aromatic rings. The predicted molar refractivity (Wildman–Crippen MR) is 164 cm³/mol. The third-order valence-electron chi connectivity index (χ3n) is 8.65. The van der Waals surface area contributed by atoms with Crippen LogP contribution in [0.2, 0.25) is 5.02 Å². The molecule has 0 atom stereocenters. The van der Waals surface area contributed by atoms with Crippen LogP contribution in [-0.2, 0) is 6.54 Å². The fourth-order valence-electron chi connectivity index (χ4n) is 5.00. The van der Waals surface area contributed by atoms with Crippen molar-refractivity contribution in [2.75, 3.05) is 18.1 Å². The van der Waals surface area contributed by atoms with Gasteiger partial charge in [0.1, 0.15) is 11.1 Å². The minimum absolute atomic E-state index is 0.0143. The first-order valence-corrected chi connectivity index (χ1v) is 14.9. The number of hydrogen-bond donors (Lipinski definition) is 2. The third-order valence-corrected chi connectivity index (χ3v) is 8.92. The van der Waals surface area contributed by atoms with Crippen molar-refractivity contribution in [3.05, 3.63) is 52.4 Å². The van der Waals surface area contributed by atoms with Crippen LogP contribution in [0.3, 0.4) is 0 Å². The lowest BCUT2D eigenvalue weighted by Crippen LogP contribution is -2.57. The van der Waals surface area contributed by atoms with Gasteiger partial charge in [0.05, 0.1) is 12.2 Å². The molecule has 1 aromatic carbocycles. The van der Waals surface area contributed by atoms with E-state index in [0.29, 0.717) is 31.0 Å². The molecular formula is C31H44ClN7O3. The number of hydrogen-bond acceptors (Lipinski definition) is 7. The summed E-state index contributed by atoms with van der Waals surface area (Å²) < 4.78 is 0. The second kappa shape index (κ2) is 13.7. The van der Waals surface area contributed by atoms with Crippen molar-refractivity contribution >= 4 is 29.4 Å². The summed E-state index contributed by atoms with van der Waals surface area (Å²) in [6, 6.07) is 9.54. The highest BCUT2D eigenvalue weighted by atomic mass is 35.5. The molecule has 1 aliphatic rings. The summed E-state index contributed by atoms with van der Waals surface area (Å²) in [6.07, 6.45) is 4.27. The lowest BCUT2D eigenvalue weighted by atomic mass is 9.75. The molecule has 0 unspecified atom stereocenters. The van der Waals surface area contributed by atoms with Crippen LogP contribution in [0.1, 0.15) is 95.9 Å². The number of anilines is 1. The van der Waals surface area contributed by atoms with Crippen molar-refractivity contribution in [1.82, 2.24) is 25.2 Å². The van der Waals surface area contributed by atoms with E-state index in [-0.39, 0.29) is 34.3 Å². The normalized spacial score (nSPS) is 14.2. The quantitative estimate of drug-likeness (QED) is 0.297. The second-order valence-electron chi connectivity index (χ2n) is 12.7. The molecule has 42 heavy (non-hydrogen) atoms. The summed E-state index contributed by atoms with van der Waals surface area (Å²) in [5.74, 6) is 0.000666. The number of aromatic nitrogens is 2. The lowest BCUT2D eigenvalue weighted by molar-refractivity contribution is 0.0191. The highest BCUT2D eigenvalue weighted by molar-refractivity contribution is 6.32. The molecule has 1 saturated carbocycles. The monoisotopic (exact) mass is 597 g/mol. The largest absolute Gasteiger partial charge is 0.465 e. The maximum atomic E-state index is 13.3. The minimum Gasteiger partial charge on any atom is -0.465 e. The average molecular weight is 598 g/mol. The van der Waals surface area contributed by atoms with Gasteiger partial charge in [0.25, 0.3) is 5.91 Å². The van der Waals surface area contributed by atoms with Gasteiger partial charge in [-0.1, -0.05) is 57.3 Å². The van der Waals surface area contributed by atoms with Gasteiger partial charge in [-0.2, -0.15) is 10.2 Å². The first-order valence-electron chi connectivity index (χ1n) is 14.5. The molecule has 0 bridgehead atoms. The Morgan fingerprint density at radius 3 is 2.26 bits per heavy atom. The smallest absolute Gasteiger partial charge is 0.407 e. The zero-order chi connectivity index (χ0) is 31.2. The Labute approximate surface area is 254 Å². The van der Waals surface area contributed by atoms with Crippen LogP contribution in [-0.4, -0.2) is 67.6 Å². The van der Waals surface area contributed by atoms with E-state index in [1.807, 2.05) is 32.0 Å². The molecule has 3 rings (SSSR count). The number of rotatable bonds is 11. The lowest BCUT2D eigenvalue weighted by Gasteiger charge is -2.47. The highest BCUT2D eigenvalue weighted by Gasteiger charge is 2.41. The van der Waals surface area contributed by atoms with Gasteiger partial charge in [-0.05, 0) is 63.6 Å². The summed E-state index contributed by atoms with van der Waals surface area (Å²) in [5, 5.41) is 21.2. The van der Waals surface area contributed by atoms with Gasteiger partial charge in [-0.15, -0.1) is 0 Å². The zero-order valence-corrected chi connectivity index (χ0v) is 26.6. The Kier molecular flexibility index (Phi) is 10.8. The van der Waals surface area contributed by atoms with Crippen LogP contribution in [0.15, 0.2) is 30.5 Å². The zero-order valence-electron chi connectivity index (χ0n) is 25.8. The Bertz CT molecular complexity index is 1280. The summed E-state index contributed by atoms with van der Waals surface area (Å²) in [4.78, 5) is 37.5. The first kappa shape index (κ1) is 33.1. The number of amides is 2. The van der Waals surface area contributed by atoms with Crippen molar-refractivity contribution in [2.24, 2.45) is 5.41 Å². The molecule has 1 aromatic heterocycles. The van der Waals surface area contributed by atoms with Gasteiger partial charge in [0.15, 0.2) is 5.82 Å². The van der Waals surface area contributed by atoms with Crippen LogP contribution in [0.25, 0.3) is 0 Å². The number of nitriles is 1. The number of carbonyl (C=O) groups is 2. The maximum Gasteiger partial charge on any atom is 0.407 e. The Morgan fingerprint density at radius 2 is 1.74 bits per heavy atom. The fraction of sp³-hybridized carbons (Fsp3) is 0.581. The van der Waals surface area contributed by atoms with Crippen LogP contribution in [0, 0.1) is 16.7 Å². The van der Waals surface area contributed by atoms with Crippen LogP contribution >= 0.6 is 11.6 Å². The molecule has 0 aliphatic heterocycles. The SMILES string of the molecule is CC(C)N(CCN(C(=O)O)C(C)(C)C(C)(C)C)Cc1ccc(C(=O)NN(c2nc(C#N)ncc2Cl)C2CCCC2)cc1. The number of carbonyl (C=O) groups excluding carboxylic acids is 1. The van der Waals surface area contributed by atoms with Crippen LogP contribution < -0.4 is 10.4 Å². The fourth-order valence-corrected chi connectivity index (χ4v) is 5.18. The molecule has 228 valence electrons. The maximum absolute atomic E-state index is 13.3. The molecule has 2 N–H and O–H groups in total. The number of halogens is 1. The van der Waals surface area contributed by atoms with Crippen molar-refractivity contribution in [1.29, 1.82) is 5.26 Å². The van der Waals surface area contributed by atoms with Crippen molar-refractivity contribution in [3.8, 4) is 6.07 Å². The van der Waals surface area contributed by atoms with Gasteiger partial charge in [-0.3, -0.25) is 20.1 Å².